The monoisotopic (exact) mass is 527 g/mol. The first-order valence-electron chi connectivity index (χ1n) is 13.2. The van der Waals surface area contributed by atoms with E-state index in [0.717, 1.165) is 49.7 Å². The van der Waals surface area contributed by atoms with Gasteiger partial charge in [0.2, 0.25) is 0 Å². The maximum atomic E-state index is 13.9. The highest BCUT2D eigenvalue weighted by atomic mass is 16.7. The van der Waals surface area contributed by atoms with Crippen molar-refractivity contribution in [2.45, 2.75) is 65.0 Å². The molecule has 8 heteroatoms. The first-order chi connectivity index (χ1) is 18.4. The van der Waals surface area contributed by atoms with E-state index >= 15 is 0 Å². The van der Waals surface area contributed by atoms with Crippen molar-refractivity contribution in [2.75, 3.05) is 46.9 Å². The van der Waals surface area contributed by atoms with Crippen molar-refractivity contribution < 1.29 is 33.3 Å². The van der Waals surface area contributed by atoms with Crippen LogP contribution >= 0.6 is 0 Å². The standard InChI is InChI=1S/C30H41NO7/c1-19-13-15-21(31-17-9-7-11-23(34-3)35-4)27-25(19)30(33)28-22(16-14-20(2)26(28)29(27)32)38-18-10-8-12-24(36-5)37-6/h13-16,23-24,31H,7-12,17-18H2,1-6H3. The van der Waals surface area contributed by atoms with Gasteiger partial charge in [-0.15, -0.1) is 0 Å². The Balaban J connectivity index is 1.77. The van der Waals surface area contributed by atoms with Gasteiger partial charge in [0.05, 0.1) is 17.7 Å². The van der Waals surface area contributed by atoms with Crippen molar-refractivity contribution in [1.82, 2.24) is 0 Å². The predicted molar refractivity (Wildman–Crippen MR) is 147 cm³/mol. The molecule has 0 heterocycles. The number of rotatable bonds is 16. The minimum absolute atomic E-state index is 0.148. The molecule has 0 saturated carbocycles. The van der Waals surface area contributed by atoms with Crippen molar-refractivity contribution in [1.29, 1.82) is 0 Å². The first-order valence-corrected chi connectivity index (χ1v) is 13.2. The number of hydrogen-bond donors (Lipinski definition) is 1. The molecular weight excluding hydrogens is 486 g/mol. The van der Waals surface area contributed by atoms with Gasteiger partial charge in [0.25, 0.3) is 0 Å². The van der Waals surface area contributed by atoms with E-state index in [9.17, 15) is 9.59 Å². The zero-order valence-corrected chi connectivity index (χ0v) is 23.5. The maximum absolute atomic E-state index is 13.9. The Morgan fingerprint density at radius 1 is 0.658 bits per heavy atom. The summed E-state index contributed by atoms with van der Waals surface area (Å²) in [5, 5.41) is 3.39. The van der Waals surface area contributed by atoms with E-state index in [1.54, 1.807) is 34.5 Å². The summed E-state index contributed by atoms with van der Waals surface area (Å²) in [6.07, 6.45) is 4.47. The number of hydrogen-bond acceptors (Lipinski definition) is 8. The summed E-state index contributed by atoms with van der Waals surface area (Å²) in [6, 6.07) is 7.42. The second kappa shape index (κ2) is 14.4. The van der Waals surface area contributed by atoms with Gasteiger partial charge in [0.1, 0.15) is 5.75 Å². The average Bonchev–Trinajstić information content (AvgIpc) is 2.92. The van der Waals surface area contributed by atoms with Crippen LogP contribution in [0.15, 0.2) is 24.3 Å². The van der Waals surface area contributed by atoms with Gasteiger partial charge in [0, 0.05) is 51.8 Å². The first kappa shape index (κ1) is 29.8. The van der Waals surface area contributed by atoms with E-state index in [1.807, 2.05) is 32.0 Å². The zero-order valence-electron chi connectivity index (χ0n) is 23.5. The van der Waals surface area contributed by atoms with E-state index in [-0.39, 0.29) is 24.1 Å². The Labute approximate surface area is 225 Å². The third-order valence-corrected chi connectivity index (χ3v) is 7.02. The Bertz CT molecular complexity index is 1020. The number of methoxy groups -OCH3 is 4. The maximum Gasteiger partial charge on any atom is 0.198 e. The normalized spacial score (nSPS) is 12.7. The molecule has 0 spiro atoms. The largest absolute Gasteiger partial charge is 0.493 e. The van der Waals surface area contributed by atoms with Gasteiger partial charge in [-0.25, -0.2) is 0 Å². The van der Waals surface area contributed by atoms with Crippen LogP contribution in [0.3, 0.4) is 0 Å². The van der Waals surface area contributed by atoms with Crippen LogP contribution in [0.25, 0.3) is 0 Å². The van der Waals surface area contributed by atoms with Crippen molar-refractivity contribution in [3.8, 4) is 5.75 Å². The van der Waals surface area contributed by atoms with Gasteiger partial charge < -0.3 is 29.0 Å². The molecule has 2 aromatic rings. The Morgan fingerprint density at radius 2 is 1.18 bits per heavy atom. The lowest BCUT2D eigenvalue weighted by atomic mass is 9.79. The van der Waals surface area contributed by atoms with Crippen LogP contribution in [-0.4, -0.2) is 65.7 Å². The number of unbranched alkanes of at least 4 members (excludes halogenated alkanes) is 2. The van der Waals surface area contributed by atoms with E-state index < -0.39 is 0 Å². The third-order valence-electron chi connectivity index (χ3n) is 7.02. The lowest BCUT2D eigenvalue weighted by Crippen LogP contribution is -2.26. The minimum atomic E-state index is -0.240. The summed E-state index contributed by atoms with van der Waals surface area (Å²) >= 11 is 0. The second-order valence-electron chi connectivity index (χ2n) is 9.54. The molecule has 3 rings (SSSR count). The molecule has 0 radical (unpaired) electrons. The number of aryl methyl sites for hydroxylation is 2. The number of benzene rings is 2. The number of anilines is 1. The molecule has 0 aromatic heterocycles. The smallest absolute Gasteiger partial charge is 0.198 e. The Kier molecular flexibility index (Phi) is 11.3. The summed E-state index contributed by atoms with van der Waals surface area (Å²) < 4.78 is 27.0. The summed E-state index contributed by atoms with van der Waals surface area (Å²) in [4.78, 5) is 27.7. The fourth-order valence-corrected chi connectivity index (χ4v) is 4.88. The molecule has 0 unspecified atom stereocenters. The fourth-order valence-electron chi connectivity index (χ4n) is 4.88. The molecule has 208 valence electrons. The SMILES string of the molecule is COC(CCCCNc1ccc(C)c2c1C(=O)c1c(C)ccc(OCCCCC(OC)OC)c1C2=O)OC. The van der Waals surface area contributed by atoms with Gasteiger partial charge in [-0.3, -0.25) is 9.59 Å². The van der Waals surface area contributed by atoms with Gasteiger partial charge in [0.15, 0.2) is 24.1 Å². The molecule has 1 aliphatic carbocycles. The molecule has 38 heavy (non-hydrogen) atoms. The quantitative estimate of drug-likeness (QED) is 0.194. The molecule has 0 fully saturated rings. The molecule has 2 aromatic carbocycles. The van der Waals surface area contributed by atoms with Gasteiger partial charge in [-0.2, -0.15) is 0 Å². The fraction of sp³-hybridized carbons (Fsp3) is 0.533. The number of ketones is 2. The third kappa shape index (κ3) is 6.80. The number of carbonyl (C=O) groups excluding carboxylic acids is 2. The van der Waals surface area contributed by atoms with E-state index in [0.29, 0.717) is 46.8 Å². The summed E-state index contributed by atoms with van der Waals surface area (Å²) in [5.41, 5.74) is 3.90. The molecule has 0 amide bonds. The van der Waals surface area contributed by atoms with Gasteiger partial charge in [-0.05, 0) is 75.6 Å². The van der Waals surface area contributed by atoms with Crippen LogP contribution in [0.2, 0.25) is 0 Å². The lowest BCUT2D eigenvalue weighted by Gasteiger charge is -2.25. The Hall–Kier alpha value is -2.78. The number of nitrogens with one attached hydrogen (secondary N) is 1. The summed E-state index contributed by atoms with van der Waals surface area (Å²) in [6.45, 7) is 4.82. The second-order valence-corrected chi connectivity index (χ2v) is 9.54. The number of carbonyl (C=O) groups is 2. The Morgan fingerprint density at radius 3 is 1.79 bits per heavy atom. The molecule has 0 aliphatic heterocycles. The predicted octanol–water partition coefficient (Wildman–Crippen LogP) is 5.45. The van der Waals surface area contributed by atoms with Crippen LogP contribution in [0.5, 0.6) is 5.75 Å². The highest BCUT2D eigenvalue weighted by molar-refractivity contribution is 6.32. The molecule has 0 atom stereocenters. The lowest BCUT2D eigenvalue weighted by molar-refractivity contribution is -0.107. The average molecular weight is 528 g/mol. The number of ether oxygens (including phenoxy) is 5. The molecule has 1 N–H and O–H groups in total. The zero-order chi connectivity index (χ0) is 27.7. The molecule has 0 saturated heterocycles. The highest BCUT2D eigenvalue weighted by Gasteiger charge is 2.36. The molecule has 1 aliphatic rings. The van der Waals surface area contributed by atoms with Crippen molar-refractivity contribution in [2.24, 2.45) is 0 Å². The molecular formula is C30H41NO7. The van der Waals surface area contributed by atoms with E-state index in [1.165, 1.54) is 0 Å². The van der Waals surface area contributed by atoms with Crippen LogP contribution in [0.4, 0.5) is 5.69 Å². The van der Waals surface area contributed by atoms with Crippen LogP contribution < -0.4 is 10.1 Å². The molecule has 0 bridgehead atoms. The van der Waals surface area contributed by atoms with Crippen molar-refractivity contribution in [3.05, 3.63) is 57.6 Å². The topological polar surface area (TPSA) is 92.3 Å². The summed E-state index contributed by atoms with van der Waals surface area (Å²) in [7, 11) is 6.49. The summed E-state index contributed by atoms with van der Waals surface area (Å²) in [5.74, 6) is 0.134. The highest BCUT2D eigenvalue weighted by Crippen LogP contribution is 2.39. The van der Waals surface area contributed by atoms with E-state index in [2.05, 4.69) is 5.32 Å². The number of fused-ring (bicyclic) bond motifs is 2. The van der Waals surface area contributed by atoms with Crippen molar-refractivity contribution >= 4 is 17.3 Å². The minimum Gasteiger partial charge on any atom is -0.493 e. The molecule has 8 nitrogen and oxygen atoms in total. The van der Waals surface area contributed by atoms with Crippen LogP contribution in [-0.2, 0) is 18.9 Å². The van der Waals surface area contributed by atoms with Crippen LogP contribution in [0, 0.1) is 13.8 Å². The van der Waals surface area contributed by atoms with Gasteiger partial charge in [-0.1, -0.05) is 12.1 Å². The van der Waals surface area contributed by atoms with Crippen molar-refractivity contribution in [3.63, 3.8) is 0 Å². The van der Waals surface area contributed by atoms with Gasteiger partial charge >= 0.3 is 0 Å². The van der Waals surface area contributed by atoms with Crippen LogP contribution in [0.1, 0.15) is 81.5 Å². The van der Waals surface area contributed by atoms with E-state index in [4.69, 9.17) is 23.7 Å².